The van der Waals surface area contributed by atoms with Crippen LogP contribution in [0, 0.1) is 0 Å². The Morgan fingerprint density at radius 3 is 2.65 bits per heavy atom. The van der Waals surface area contributed by atoms with E-state index in [0.29, 0.717) is 46.5 Å². The summed E-state index contributed by atoms with van der Waals surface area (Å²) >= 11 is 6.41. The molecule has 0 spiro atoms. The predicted molar refractivity (Wildman–Crippen MR) is 148 cm³/mol. The number of carbonyl (C=O) groups is 1. The number of fused-ring (bicyclic) bond motifs is 1. The minimum atomic E-state index is -0.117. The third kappa shape index (κ3) is 5.93. The Labute approximate surface area is 220 Å². The van der Waals surface area contributed by atoms with Gasteiger partial charge in [-0.1, -0.05) is 60.1 Å². The SMILES string of the molecule is [B]c1cnn2c(NCc3cccc(NC(=O)CCOc4ccccc4)c3)cc(-c3ccccc3Cl)nc12. The molecule has 0 aliphatic carbocycles. The summed E-state index contributed by atoms with van der Waals surface area (Å²) in [4.78, 5) is 17.1. The van der Waals surface area contributed by atoms with Gasteiger partial charge in [-0.2, -0.15) is 9.61 Å². The lowest BCUT2D eigenvalue weighted by Gasteiger charge is -2.13. The second kappa shape index (κ2) is 11.2. The molecular formula is C28H23BClN5O2. The molecule has 5 rings (SSSR count). The van der Waals surface area contributed by atoms with E-state index < -0.39 is 0 Å². The van der Waals surface area contributed by atoms with Gasteiger partial charge >= 0.3 is 0 Å². The molecule has 2 heterocycles. The zero-order chi connectivity index (χ0) is 25.6. The molecule has 9 heteroatoms. The maximum atomic E-state index is 12.4. The molecule has 5 aromatic rings. The summed E-state index contributed by atoms with van der Waals surface area (Å²) in [7, 11) is 6.12. The van der Waals surface area contributed by atoms with E-state index in [4.69, 9.17) is 24.2 Å². The van der Waals surface area contributed by atoms with Crippen LogP contribution < -0.4 is 20.8 Å². The van der Waals surface area contributed by atoms with Gasteiger partial charge in [0.25, 0.3) is 0 Å². The van der Waals surface area contributed by atoms with Crippen LogP contribution in [0.2, 0.25) is 5.02 Å². The first-order valence-electron chi connectivity index (χ1n) is 11.8. The first kappa shape index (κ1) is 24.4. The average Bonchev–Trinajstić information content (AvgIpc) is 3.29. The summed E-state index contributed by atoms with van der Waals surface area (Å²) in [6.07, 6.45) is 1.82. The van der Waals surface area contributed by atoms with Gasteiger partial charge in [0.05, 0.1) is 18.7 Å². The van der Waals surface area contributed by atoms with E-state index >= 15 is 0 Å². The van der Waals surface area contributed by atoms with Gasteiger partial charge in [0, 0.05) is 35.1 Å². The lowest BCUT2D eigenvalue weighted by molar-refractivity contribution is -0.116. The number of nitrogens with zero attached hydrogens (tertiary/aromatic N) is 3. The predicted octanol–water partition coefficient (Wildman–Crippen LogP) is 4.86. The Kier molecular flexibility index (Phi) is 7.37. The van der Waals surface area contributed by atoms with Crippen molar-refractivity contribution in [3.05, 3.63) is 102 Å². The van der Waals surface area contributed by atoms with Gasteiger partial charge < -0.3 is 15.4 Å². The van der Waals surface area contributed by atoms with Crippen LogP contribution in [0.25, 0.3) is 16.9 Å². The van der Waals surface area contributed by atoms with E-state index in [-0.39, 0.29) is 12.3 Å². The van der Waals surface area contributed by atoms with E-state index in [0.717, 1.165) is 16.9 Å². The third-order valence-electron chi connectivity index (χ3n) is 5.67. The molecule has 0 bridgehead atoms. The van der Waals surface area contributed by atoms with Crippen LogP contribution in [0.4, 0.5) is 11.5 Å². The second-order valence-corrected chi connectivity index (χ2v) is 8.76. The number of hydrogen-bond acceptors (Lipinski definition) is 5. The molecule has 1 amide bonds. The Hall–Kier alpha value is -4.30. The summed E-state index contributed by atoms with van der Waals surface area (Å²) in [5, 5.41) is 11.3. The minimum Gasteiger partial charge on any atom is -0.493 e. The number of halogens is 1. The second-order valence-electron chi connectivity index (χ2n) is 8.36. The number of hydrogen-bond donors (Lipinski definition) is 2. The molecule has 2 N–H and O–H groups in total. The lowest BCUT2D eigenvalue weighted by atomic mass is 10.0. The third-order valence-corrected chi connectivity index (χ3v) is 6.00. The lowest BCUT2D eigenvalue weighted by Crippen LogP contribution is -2.15. The van der Waals surface area contributed by atoms with E-state index in [1.165, 1.54) is 0 Å². The monoisotopic (exact) mass is 507 g/mol. The number of nitrogens with one attached hydrogen (secondary N) is 2. The highest BCUT2D eigenvalue weighted by Gasteiger charge is 2.12. The Bertz CT molecular complexity index is 1540. The fourth-order valence-corrected chi connectivity index (χ4v) is 4.10. The van der Waals surface area contributed by atoms with Crippen LogP contribution in [0.15, 0.2) is 91.1 Å². The molecule has 0 aliphatic rings. The zero-order valence-electron chi connectivity index (χ0n) is 19.9. The fraction of sp³-hybridized carbons (Fsp3) is 0.107. The molecule has 0 saturated carbocycles. The smallest absolute Gasteiger partial charge is 0.227 e. The van der Waals surface area contributed by atoms with E-state index in [1.807, 2.05) is 84.9 Å². The van der Waals surface area contributed by atoms with Gasteiger partial charge in [0.1, 0.15) is 19.4 Å². The number of para-hydroxylation sites is 1. The van der Waals surface area contributed by atoms with Crippen LogP contribution >= 0.6 is 11.6 Å². The number of anilines is 2. The standard InChI is InChI=1S/C28H23BClN5O2/c29-23-18-32-35-26(16-25(34-28(23)35)22-11-4-5-12-24(22)30)31-17-19-7-6-8-20(15-19)33-27(36)13-14-37-21-9-2-1-3-10-21/h1-12,15-16,18,31H,13-14,17H2,(H,33,36). The topological polar surface area (TPSA) is 80.5 Å². The molecule has 182 valence electrons. The van der Waals surface area contributed by atoms with E-state index in [1.54, 1.807) is 10.7 Å². The first-order valence-corrected chi connectivity index (χ1v) is 12.1. The molecule has 2 aromatic heterocycles. The fourth-order valence-electron chi connectivity index (χ4n) is 3.87. The highest BCUT2D eigenvalue weighted by molar-refractivity contribution is 6.36. The van der Waals surface area contributed by atoms with Crippen molar-refractivity contribution in [3.63, 3.8) is 0 Å². The number of amides is 1. The average molecular weight is 508 g/mol. The Morgan fingerprint density at radius 2 is 1.81 bits per heavy atom. The molecule has 7 nitrogen and oxygen atoms in total. The summed E-state index contributed by atoms with van der Waals surface area (Å²) in [6, 6.07) is 26.5. The van der Waals surface area contributed by atoms with Gasteiger partial charge in [-0.25, -0.2) is 4.98 Å². The highest BCUT2D eigenvalue weighted by Crippen LogP contribution is 2.28. The number of carbonyl (C=O) groups excluding carboxylic acids is 1. The normalized spacial score (nSPS) is 10.8. The zero-order valence-corrected chi connectivity index (χ0v) is 20.7. The van der Waals surface area contributed by atoms with Crippen molar-refractivity contribution in [1.29, 1.82) is 0 Å². The van der Waals surface area contributed by atoms with Gasteiger partial charge in [0.15, 0.2) is 5.65 Å². The molecule has 0 atom stereocenters. The van der Waals surface area contributed by atoms with Crippen molar-refractivity contribution in [3.8, 4) is 17.0 Å². The van der Waals surface area contributed by atoms with Crippen LogP contribution in [0.3, 0.4) is 0 Å². The molecule has 37 heavy (non-hydrogen) atoms. The van der Waals surface area contributed by atoms with Crippen molar-refractivity contribution in [2.24, 2.45) is 0 Å². The van der Waals surface area contributed by atoms with Gasteiger partial charge in [-0.3, -0.25) is 4.79 Å². The first-order chi connectivity index (χ1) is 18.1. The number of rotatable bonds is 9. The van der Waals surface area contributed by atoms with Crippen molar-refractivity contribution in [1.82, 2.24) is 14.6 Å². The van der Waals surface area contributed by atoms with Crippen molar-refractivity contribution < 1.29 is 9.53 Å². The van der Waals surface area contributed by atoms with Gasteiger partial charge in [0.2, 0.25) is 5.91 Å². The van der Waals surface area contributed by atoms with Crippen molar-refractivity contribution in [2.75, 3.05) is 17.2 Å². The minimum absolute atomic E-state index is 0.117. The number of ether oxygens (including phenoxy) is 1. The van der Waals surface area contributed by atoms with Crippen molar-refractivity contribution in [2.45, 2.75) is 13.0 Å². The van der Waals surface area contributed by atoms with Crippen LogP contribution in [-0.4, -0.2) is 35.0 Å². The number of aromatic nitrogens is 3. The van der Waals surface area contributed by atoms with Crippen LogP contribution in [0.1, 0.15) is 12.0 Å². The summed E-state index contributed by atoms with van der Waals surface area (Å²) in [6.45, 7) is 0.789. The van der Waals surface area contributed by atoms with E-state index in [9.17, 15) is 4.79 Å². The molecule has 0 unspecified atom stereocenters. The number of benzene rings is 3. The quantitative estimate of drug-likeness (QED) is 0.278. The summed E-state index contributed by atoms with van der Waals surface area (Å²) in [5.41, 5.74) is 4.19. The molecule has 2 radical (unpaired) electrons. The van der Waals surface area contributed by atoms with Crippen LogP contribution in [-0.2, 0) is 11.3 Å². The van der Waals surface area contributed by atoms with E-state index in [2.05, 4.69) is 20.7 Å². The molecule has 0 saturated heterocycles. The molecule has 3 aromatic carbocycles. The van der Waals surface area contributed by atoms with Gasteiger partial charge in [-0.15, -0.1) is 0 Å². The maximum Gasteiger partial charge on any atom is 0.227 e. The molecule has 0 fully saturated rings. The summed E-state index contributed by atoms with van der Waals surface area (Å²) in [5.74, 6) is 1.34. The Morgan fingerprint density at radius 1 is 1.00 bits per heavy atom. The highest BCUT2D eigenvalue weighted by atomic mass is 35.5. The largest absolute Gasteiger partial charge is 0.493 e. The molecular weight excluding hydrogens is 485 g/mol. The van der Waals surface area contributed by atoms with Crippen LogP contribution in [0.5, 0.6) is 5.75 Å². The molecule has 0 aliphatic heterocycles. The Balaban J connectivity index is 1.26. The van der Waals surface area contributed by atoms with Gasteiger partial charge in [-0.05, 0) is 41.4 Å². The maximum absolute atomic E-state index is 12.4. The summed E-state index contributed by atoms with van der Waals surface area (Å²) < 4.78 is 7.27. The van der Waals surface area contributed by atoms with Crippen molar-refractivity contribution >= 4 is 48.0 Å².